The van der Waals surface area contributed by atoms with Crippen LogP contribution in [0.3, 0.4) is 0 Å². The summed E-state index contributed by atoms with van der Waals surface area (Å²) in [6.45, 7) is 6.89. The molecule has 0 aliphatic heterocycles. The van der Waals surface area contributed by atoms with Crippen molar-refractivity contribution in [3.63, 3.8) is 0 Å². The van der Waals surface area contributed by atoms with Crippen LogP contribution in [0.1, 0.15) is 78.6 Å². The Hall–Kier alpha value is -0.770. The highest BCUT2D eigenvalue weighted by Crippen LogP contribution is 2.67. The number of Topliss-reactive ketones (excluding diaryl/α,β-unsaturated/α-hetero) is 1. The first-order valence-electron chi connectivity index (χ1n) is 10.4. The fourth-order valence-electron chi connectivity index (χ4n) is 8.08. The molecule has 1 nitrogen and oxygen atoms in total. The van der Waals surface area contributed by atoms with Gasteiger partial charge in [0.25, 0.3) is 0 Å². The van der Waals surface area contributed by atoms with Gasteiger partial charge in [0.05, 0.1) is 0 Å². The standard InChI is InChI=1S/C23H34O/c1-5-16-10-12-22(3)17(14-16)6-7-18-20-9-8-19(15(2)24)23(20,4)13-11-21(18)22/h1,16-21H,6-14H2,2-4H3/t16?,17-,18-,19+,20-,21-,22-,23+/m0/s1. The summed E-state index contributed by atoms with van der Waals surface area (Å²) in [6.07, 6.45) is 17.5. The molecule has 0 N–H and O–H groups in total. The Morgan fingerprint density at radius 2 is 1.67 bits per heavy atom. The first kappa shape index (κ1) is 16.7. The molecule has 0 aromatic carbocycles. The van der Waals surface area contributed by atoms with E-state index in [1.165, 1.54) is 51.4 Å². The van der Waals surface area contributed by atoms with Crippen molar-refractivity contribution in [2.75, 3.05) is 0 Å². The van der Waals surface area contributed by atoms with Crippen LogP contribution in [0, 0.1) is 58.7 Å². The highest BCUT2D eigenvalue weighted by Gasteiger charge is 2.60. The molecule has 1 unspecified atom stereocenters. The molecule has 0 spiro atoms. The Morgan fingerprint density at radius 1 is 0.958 bits per heavy atom. The molecule has 4 aliphatic carbocycles. The van der Waals surface area contributed by atoms with E-state index in [4.69, 9.17) is 6.42 Å². The van der Waals surface area contributed by atoms with Crippen molar-refractivity contribution in [2.45, 2.75) is 78.6 Å². The summed E-state index contributed by atoms with van der Waals surface area (Å²) in [7, 11) is 0. The Morgan fingerprint density at radius 3 is 2.38 bits per heavy atom. The maximum Gasteiger partial charge on any atom is 0.133 e. The number of ketones is 1. The van der Waals surface area contributed by atoms with Crippen molar-refractivity contribution in [3.8, 4) is 12.3 Å². The highest BCUT2D eigenvalue weighted by atomic mass is 16.1. The van der Waals surface area contributed by atoms with Gasteiger partial charge in [-0.15, -0.1) is 12.3 Å². The van der Waals surface area contributed by atoms with E-state index in [9.17, 15) is 4.79 Å². The van der Waals surface area contributed by atoms with Gasteiger partial charge in [0.15, 0.2) is 0 Å². The average Bonchev–Trinajstić information content (AvgIpc) is 2.91. The van der Waals surface area contributed by atoms with Crippen LogP contribution in [0.15, 0.2) is 0 Å². The molecule has 0 heterocycles. The van der Waals surface area contributed by atoms with Gasteiger partial charge < -0.3 is 0 Å². The molecule has 0 radical (unpaired) electrons. The fourth-order valence-corrected chi connectivity index (χ4v) is 8.08. The number of hydrogen-bond acceptors (Lipinski definition) is 1. The summed E-state index contributed by atoms with van der Waals surface area (Å²) in [5.74, 6) is 7.78. The van der Waals surface area contributed by atoms with Gasteiger partial charge >= 0.3 is 0 Å². The largest absolute Gasteiger partial charge is 0.300 e. The number of hydrogen-bond donors (Lipinski definition) is 0. The van der Waals surface area contributed by atoms with Crippen molar-refractivity contribution in [1.29, 1.82) is 0 Å². The Kier molecular flexibility index (Phi) is 3.91. The number of terminal acetylenes is 1. The number of rotatable bonds is 1. The quantitative estimate of drug-likeness (QED) is 0.583. The van der Waals surface area contributed by atoms with E-state index in [0.29, 0.717) is 28.4 Å². The monoisotopic (exact) mass is 326 g/mol. The van der Waals surface area contributed by atoms with Gasteiger partial charge in [-0.25, -0.2) is 0 Å². The van der Waals surface area contributed by atoms with Crippen molar-refractivity contribution in [1.82, 2.24) is 0 Å². The maximum atomic E-state index is 12.2. The van der Waals surface area contributed by atoms with Crippen LogP contribution in [0.25, 0.3) is 0 Å². The minimum absolute atomic E-state index is 0.298. The van der Waals surface area contributed by atoms with Crippen molar-refractivity contribution >= 4 is 5.78 Å². The number of fused-ring (bicyclic) bond motifs is 5. The SMILES string of the molecule is C#CC1CC[C@@]2(C)[C@@H](CC[C@@H]3[C@@H]2CC[C@]2(C)[C@@H](C(C)=O)CC[C@@H]32)C1. The lowest BCUT2D eigenvalue weighted by Crippen LogP contribution is -2.53. The zero-order valence-electron chi connectivity index (χ0n) is 15.8. The van der Waals surface area contributed by atoms with E-state index < -0.39 is 0 Å². The molecule has 0 aromatic heterocycles. The maximum absolute atomic E-state index is 12.2. The molecule has 4 saturated carbocycles. The first-order chi connectivity index (χ1) is 11.4. The van der Waals surface area contributed by atoms with E-state index in [1.54, 1.807) is 0 Å². The zero-order chi connectivity index (χ0) is 17.1. The normalized spacial score (nSPS) is 53.4. The molecule has 1 heteroatoms. The molecule has 132 valence electrons. The molecule has 4 rings (SSSR count). The summed E-state index contributed by atoms with van der Waals surface area (Å²) in [4.78, 5) is 12.2. The summed E-state index contributed by atoms with van der Waals surface area (Å²) >= 11 is 0. The smallest absolute Gasteiger partial charge is 0.133 e. The van der Waals surface area contributed by atoms with Crippen LogP contribution >= 0.6 is 0 Å². The second kappa shape index (κ2) is 5.62. The predicted molar refractivity (Wildman–Crippen MR) is 98.2 cm³/mol. The molecular formula is C23H34O. The third kappa shape index (κ3) is 2.17. The van der Waals surface area contributed by atoms with Crippen LogP contribution in [-0.2, 0) is 4.79 Å². The first-order valence-corrected chi connectivity index (χ1v) is 10.4. The molecule has 4 aliphatic rings. The second-order valence-electron chi connectivity index (χ2n) is 10.1. The predicted octanol–water partition coefficient (Wildman–Crippen LogP) is 5.48. The van der Waals surface area contributed by atoms with Crippen molar-refractivity contribution in [2.24, 2.45) is 46.3 Å². The summed E-state index contributed by atoms with van der Waals surface area (Å²) in [5.41, 5.74) is 0.818. The van der Waals surface area contributed by atoms with Crippen LogP contribution in [-0.4, -0.2) is 5.78 Å². The second-order valence-corrected chi connectivity index (χ2v) is 10.1. The average molecular weight is 327 g/mol. The third-order valence-electron chi connectivity index (χ3n) is 9.39. The molecule has 8 atom stereocenters. The third-order valence-corrected chi connectivity index (χ3v) is 9.39. The molecule has 4 fully saturated rings. The van der Waals surface area contributed by atoms with Gasteiger partial charge in [0, 0.05) is 11.8 Å². The van der Waals surface area contributed by atoms with E-state index in [-0.39, 0.29) is 0 Å². The minimum atomic E-state index is 0.298. The Labute approximate surface area is 148 Å². The van der Waals surface area contributed by atoms with Crippen LogP contribution in [0.2, 0.25) is 0 Å². The lowest BCUT2D eigenvalue weighted by Gasteiger charge is -2.61. The molecule has 0 amide bonds. The summed E-state index contributed by atoms with van der Waals surface area (Å²) < 4.78 is 0. The molecular weight excluding hydrogens is 292 g/mol. The van der Waals surface area contributed by atoms with Gasteiger partial charge in [-0.05, 0) is 99.2 Å². The highest BCUT2D eigenvalue weighted by molar-refractivity contribution is 5.79. The number of carbonyl (C=O) groups is 1. The van der Waals surface area contributed by atoms with Gasteiger partial charge in [-0.3, -0.25) is 4.79 Å². The summed E-state index contributed by atoms with van der Waals surface area (Å²) in [5, 5.41) is 0. The Balaban J connectivity index is 1.60. The molecule has 24 heavy (non-hydrogen) atoms. The molecule has 0 bridgehead atoms. The van der Waals surface area contributed by atoms with Crippen LogP contribution in [0.4, 0.5) is 0 Å². The Bertz CT molecular complexity index is 571. The summed E-state index contributed by atoms with van der Waals surface area (Å²) in [6, 6.07) is 0. The van der Waals surface area contributed by atoms with Gasteiger partial charge in [0.2, 0.25) is 0 Å². The van der Waals surface area contributed by atoms with E-state index >= 15 is 0 Å². The van der Waals surface area contributed by atoms with Crippen molar-refractivity contribution in [3.05, 3.63) is 0 Å². The van der Waals surface area contributed by atoms with E-state index in [1.807, 2.05) is 6.92 Å². The minimum Gasteiger partial charge on any atom is -0.300 e. The van der Waals surface area contributed by atoms with Crippen molar-refractivity contribution < 1.29 is 4.79 Å². The van der Waals surface area contributed by atoms with E-state index in [2.05, 4.69) is 19.8 Å². The van der Waals surface area contributed by atoms with Gasteiger partial charge in [0.1, 0.15) is 5.78 Å². The lowest BCUT2D eigenvalue weighted by atomic mass is 9.44. The van der Waals surface area contributed by atoms with Crippen LogP contribution < -0.4 is 0 Å². The topological polar surface area (TPSA) is 17.1 Å². The van der Waals surface area contributed by atoms with Gasteiger partial charge in [-0.2, -0.15) is 0 Å². The zero-order valence-corrected chi connectivity index (χ0v) is 15.8. The van der Waals surface area contributed by atoms with Crippen LogP contribution in [0.5, 0.6) is 0 Å². The number of carbonyl (C=O) groups excluding carboxylic acids is 1. The fraction of sp³-hybridized carbons (Fsp3) is 0.870. The lowest BCUT2D eigenvalue weighted by molar-refractivity contribution is -0.134. The molecule has 0 aromatic rings. The van der Waals surface area contributed by atoms with E-state index in [0.717, 1.165) is 30.1 Å². The van der Waals surface area contributed by atoms with Gasteiger partial charge in [-0.1, -0.05) is 13.8 Å². The molecule has 0 saturated heterocycles.